The van der Waals surface area contributed by atoms with Gasteiger partial charge in [-0.05, 0) is 56.3 Å². The summed E-state index contributed by atoms with van der Waals surface area (Å²) < 4.78 is 40.0. The highest BCUT2D eigenvalue weighted by Gasteiger charge is 2.33. The van der Waals surface area contributed by atoms with Crippen LogP contribution >= 0.6 is 0 Å². The Morgan fingerprint density at radius 3 is 2.30 bits per heavy atom. The molecule has 0 saturated carbocycles. The van der Waals surface area contributed by atoms with Gasteiger partial charge in [-0.2, -0.15) is 18.3 Å². The van der Waals surface area contributed by atoms with Gasteiger partial charge in [-0.25, -0.2) is 4.68 Å². The molecule has 11 heteroatoms. The van der Waals surface area contributed by atoms with Crippen molar-refractivity contribution < 1.29 is 22.9 Å². The molecule has 0 aliphatic carbocycles. The Kier molecular flexibility index (Phi) is 5.45. The van der Waals surface area contributed by atoms with Crippen LogP contribution in [-0.2, 0) is 6.18 Å². The topological polar surface area (TPSA) is 102 Å². The lowest BCUT2D eigenvalue weighted by molar-refractivity contribution is -0.384. The van der Waals surface area contributed by atoms with Crippen LogP contribution in [0.3, 0.4) is 0 Å². The Morgan fingerprint density at radius 2 is 1.77 bits per heavy atom. The van der Waals surface area contributed by atoms with Crippen molar-refractivity contribution in [3.8, 4) is 5.69 Å². The van der Waals surface area contributed by atoms with E-state index in [1.54, 1.807) is 16.8 Å². The zero-order valence-electron chi connectivity index (χ0n) is 15.8. The summed E-state index contributed by atoms with van der Waals surface area (Å²) in [5.41, 5.74) is 5.04. The van der Waals surface area contributed by atoms with Gasteiger partial charge in [-0.1, -0.05) is 0 Å². The average molecular weight is 419 g/mol. The van der Waals surface area contributed by atoms with Crippen LogP contribution in [0.25, 0.3) is 5.69 Å². The molecule has 30 heavy (non-hydrogen) atoms. The molecule has 8 nitrogen and oxygen atoms in total. The van der Waals surface area contributed by atoms with Gasteiger partial charge in [-0.3, -0.25) is 25.8 Å². The van der Waals surface area contributed by atoms with Crippen LogP contribution in [-0.4, -0.2) is 20.6 Å². The number of benzene rings is 2. The van der Waals surface area contributed by atoms with Gasteiger partial charge in [0.1, 0.15) is 5.69 Å². The zero-order valence-corrected chi connectivity index (χ0v) is 15.8. The fourth-order valence-electron chi connectivity index (χ4n) is 2.81. The second-order valence-corrected chi connectivity index (χ2v) is 6.45. The molecule has 156 valence electrons. The van der Waals surface area contributed by atoms with E-state index >= 15 is 0 Å². The second-order valence-electron chi connectivity index (χ2n) is 6.45. The number of amides is 1. The quantitative estimate of drug-likeness (QED) is 0.477. The van der Waals surface area contributed by atoms with Crippen LogP contribution in [0.15, 0.2) is 48.5 Å². The number of hydrogen-bond acceptors (Lipinski definition) is 5. The number of carbonyl (C=O) groups excluding carboxylic acids is 1. The highest BCUT2D eigenvalue weighted by atomic mass is 19.4. The number of aromatic nitrogens is 2. The molecule has 1 amide bonds. The highest BCUT2D eigenvalue weighted by Crippen LogP contribution is 2.34. The average Bonchev–Trinajstić information content (AvgIpc) is 3.03. The van der Waals surface area contributed by atoms with Crippen molar-refractivity contribution in [3.63, 3.8) is 0 Å². The van der Waals surface area contributed by atoms with Crippen LogP contribution in [0, 0.1) is 24.0 Å². The molecule has 0 radical (unpaired) electrons. The van der Waals surface area contributed by atoms with Crippen molar-refractivity contribution in [1.29, 1.82) is 0 Å². The lowest BCUT2D eigenvalue weighted by atomic mass is 10.1. The van der Waals surface area contributed by atoms with E-state index in [-0.39, 0.29) is 11.3 Å². The van der Waals surface area contributed by atoms with Crippen molar-refractivity contribution in [2.24, 2.45) is 0 Å². The lowest BCUT2D eigenvalue weighted by Gasteiger charge is -2.12. The summed E-state index contributed by atoms with van der Waals surface area (Å²) in [6, 6.07) is 10.3. The molecule has 0 bridgehead atoms. The minimum absolute atomic E-state index is 0.238. The number of carbonyl (C=O) groups is 1. The van der Waals surface area contributed by atoms with Gasteiger partial charge in [0.2, 0.25) is 0 Å². The summed E-state index contributed by atoms with van der Waals surface area (Å²) in [7, 11) is 0. The SMILES string of the molecule is Cc1cc(C)n(-c2ccc(C(=O)NNc3ccc(C(F)(F)F)cc3[N+](=O)[O-])cc2)n1. The Hall–Kier alpha value is -3.89. The molecule has 0 atom stereocenters. The number of nitrogens with zero attached hydrogens (tertiary/aromatic N) is 3. The molecule has 1 aromatic heterocycles. The summed E-state index contributed by atoms with van der Waals surface area (Å²) >= 11 is 0. The van der Waals surface area contributed by atoms with E-state index in [4.69, 9.17) is 0 Å². The first-order valence-electron chi connectivity index (χ1n) is 8.62. The third kappa shape index (κ3) is 4.40. The predicted molar refractivity (Wildman–Crippen MR) is 102 cm³/mol. The standard InChI is InChI=1S/C19H16F3N5O3/c1-11-9-12(2)26(25-11)15-6-3-13(4-7-15)18(28)24-23-16-8-5-14(19(20,21)22)10-17(16)27(29)30/h3-10,23H,1-2H3,(H,24,28). The molecule has 0 aliphatic heterocycles. The molecular weight excluding hydrogens is 403 g/mol. The van der Waals surface area contributed by atoms with Gasteiger partial charge < -0.3 is 0 Å². The first-order chi connectivity index (χ1) is 14.1. The van der Waals surface area contributed by atoms with Crippen molar-refractivity contribution in [2.45, 2.75) is 20.0 Å². The van der Waals surface area contributed by atoms with Gasteiger partial charge in [0.25, 0.3) is 11.6 Å². The highest BCUT2D eigenvalue weighted by molar-refractivity contribution is 5.95. The Morgan fingerprint density at radius 1 is 1.10 bits per heavy atom. The first kappa shape index (κ1) is 20.8. The lowest BCUT2D eigenvalue weighted by Crippen LogP contribution is -2.29. The number of alkyl halides is 3. The Balaban J connectivity index is 1.74. The molecule has 0 saturated heterocycles. The van der Waals surface area contributed by atoms with Gasteiger partial charge in [0, 0.05) is 17.3 Å². The number of hydrazine groups is 1. The summed E-state index contributed by atoms with van der Waals surface area (Å²) in [6.07, 6.45) is -4.72. The van der Waals surface area contributed by atoms with Gasteiger partial charge in [0.15, 0.2) is 0 Å². The van der Waals surface area contributed by atoms with Gasteiger partial charge in [0.05, 0.1) is 21.9 Å². The third-order valence-electron chi connectivity index (χ3n) is 4.22. The summed E-state index contributed by atoms with van der Waals surface area (Å²) in [5.74, 6) is -0.621. The van der Waals surface area contributed by atoms with Crippen LogP contribution in [0.2, 0.25) is 0 Å². The van der Waals surface area contributed by atoms with Crippen molar-refractivity contribution in [2.75, 3.05) is 5.43 Å². The van der Waals surface area contributed by atoms with E-state index < -0.39 is 28.3 Å². The van der Waals surface area contributed by atoms with Gasteiger partial charge >= 0.3 is 6.18 Å². The first-order valence-corrected chi connectivity index (χ1v) is 8.62. The predicted octanol–water partition coefficient (Wildman–Crippen LogP) is 4.17. The molecule has 0 fully saturated rings. The monoisotopic (exact) mass is 419 g/mol. The zero-order chi connectivity index (χ0) is 22.1. The molecule has 0 unspecified atom stereocenters. The molecule has 1 heterocycles. The number of rotatable bonds is 5. The molecule has 0 spiro atoms. The minimum atomic E-state index is -4.72. The fourth-order valence-corrected chi connectivity index (χ4v) is 2.81. The number of nitro benzene ring substituents is 1. The third-order valence-corrected chi connectivity index (χ3v) is 4.22. The molecule has 0 aliphatic rings. The normalized spacial score (nSPS) is 11.2. The van der Waals surface area contributed by atoms with Crippen molar-refractivity contribution in [3.05, 3.63) is 81.2 Å². The maximum Gasteiger partial charge on any atom is 0.416 e. The Bertz CT molecular complexity index is 1110. The minimum Gasteiger partial charge on any atom is -0.292 e. The number of aryl methyl sites for hydroxylation is 2. The summed E-state index contributed by atoms with van der Waals surface area (Å²) in [4.78, 5) is 22.4. The molecule has 3 aromatic rings. The molecule has 2 N–H and O–H groups in total. The number of nitrogens with one attached hydrogen (secondary N) is 2. The van der Waals surface area contributed by atoms with Crippen LogP contribution < -0.4 is 10.9 Å². The number of hydrogen-bond donors (Lipinski definition) is 2. The van der Waals surface area contributed by atoms with E-state index in [1.807, 2.05) is 19.9 Å². The van der Waals surface area contributed by atoms with E-state index in [2.05, 4.69) is 16.0 Å². The van der Waals surface area contributed by atoms with E-state index in [1.165, 1.54) is 12.1 Å². The van der Waals surface area contributed by atoms with Crippen LogP contribution in [0.4, 0.5) is 24.5 Å². The molecular formula is C19H16F3N5O3. The molecule has 3 rings (SSSR count). The maximum atomic E-state index is 12.8. The van der Waals surface area contributed by atoms with E-state index in [0.717, 1.165) is 23.1 Å². The molecule has 2 aromatic carbocycles. The smallest absolute Gasteiger partial charge is 0.292 e. The number of anilines is 1. The van der Waals surface area contributed by atoms with Gasteiger partial charge in [-0.15, -0.1) is 0 Å². The van der Waals surface area contributed by atoms with E-state index in [9.17, 15) is 28.1 Å². The van der Waals surface area contributed by atoms with Crippen molar-refractivity contribution >= 4 is 17.3 Å². The maximum absolute atomic E-state index is 12.8. The second kappa shape index (κ2) is 7.85. The summed E-state index contributed by atoms with van der Waals surface area (Å²) in [6.45, 7) is 3.75. The van der Waals surface area contributed by atoms with Crippen LogP contribution in [0.5, 0.6) is 0 Å². The fraction of sp³-hybridized carbons (Fsp3) is 0.158. The number of nitro groups is 1. The van der Waals surface area contributed by atoms with Crippen LogP contribution in [0.1, 0.15) is 27.3 Å². The summed E-state index contributed by atoms with van der Waals surface area (Å²) in [5, 5.41) is 15.4. The van der Waals surface area contributed by atoms with Crippen molar-refractivity contribution in [1.82, 2.24) is 15.2 Å². The van der Waals surface area contributed by atoms with E-state index in [0.29, 0.717) is 12.1 Å². The Labute approximate surface area is 168 Å². The largest absolute Gasteiger partial charge is 0.416 e. The number of halogens is 3.